The van der Waals surface area contributed by atoms with Crippen LogP contribution in [-0.2, 0) is 17.5 Å². The molecule has 0 saturated carbocycles. The maximum Gasteiger partial charge on any atom is 0.230 e. The number of fused-ring (bicyclic) bond motifs is 1. The fourth-order valence-electron chi connectivity index (χ4n) is 2.15. The molecule has 0 unspecified atom stereocenters. The van der Waals surface area contributed by atoms with Crippen LogP contribution in [-0.4, -0.2) is 46.6 Å². The first-order chi connectivity index (χ1) is 9.86. The van der Waals surface area contributed by atoms with Crippen molar-refractivity contribution in [1.29, 1.82) is 0 Å². The van der Waals surface area contributed by atoms with E-state index in [2.05, 4.69) is 0 Å². The second-order valence-electron chi connectivity index (χ2n) is 4.84. The Labute approximate surface area is 132 Å². The van der Waals surface area contributed by atoms with Crippen molar-refractivity contribution < 1.29 is 14.3 Å². The summed E-state index contributed by atoms with van der Waals surface area (Å²) in [6.45, 7) is 0. The van der Waals surface area contributed by atoms with Gasteiger partial charge in [-0.1, -0.05) is 24.0 Å². The number of hydrogen-bond acceptors (Lipinski definition) is 5. The minimum absolute atomic E-state index is 0.0835. The van der Waals surface area contributed by atoms with Gasteiger partial charge in [0.1, 0.15) is 10.0 Å². The van der Waals surface area contributed by atoms with Gasteiger partial charge in [-0.2, -0.15) is 0 Å². The van der Waals surface area contributed by atoms with Gasteiger partial charge in [0.25, 0.3) is 0 Å². The molecular formula is C14H16N2O3S2. The molecule has 0 aromatic carbocycles. The van der Waals surface area contributed by atoms with Crippen LogP contribution in [0, 0.1) is 0 Å². The molecule has 1 aromatic heterocycles. The quantitative estimate of drug-likeness (QED) is 0.793. The molecule has 0 spiro atoms. The standard InChI is InChI=1S/C14H16N2O3S2/c1-15(2)14(20)21-7-8-6-16(3)12-9(17)5-10(19-4)13(18)11(8)12/h5-6H,7H2,1-4H3. The highest BCUT2D eigenvalue weighted by Gasteiger charge is 2.32. The molecule has 0 aliphatic heterocycles. The van der Waals surface area contributed by atoms with E-state index >= 15 is 0 Å². The van der Waals surface area contributed by atoms with Crippen molar-refractivity contribution >= 4 is 39.9 Å². The summed E-state index contributed by atoms with van der Waals surface area (Å²) in [7, 11) is 6.89. The van der Waals surface area contributed by atoms with Crippen molar-refractivity contribution in [2.24, 2.45) is 7.05 Å². The molecule has 5 nitrogen and oxygen atoms in total. The predicted octanol–water partition coefficient (Wildman–Crippen LogP) is 2.01. The Morgan fingerprint density at radius 1 is 1.43 bits per heavy atom. The van der Waals surface area contributed by atoms with E-state index < -0.39 is 0 Å². The minimum Gasteiger partial charge on any atom is -0.492 e. The lowest BCUT2D eigenvalue weighted by Gasteiger charge is -2.14. The molecule has 1 aliphatic carbocycles. The number of rotatable bonds is 3. The highest BCUT2D eigenvalue weighted by atomic mass is 32.2. The van der Waals surface area contributed by atoms with Crippen molar-refractivity contribution in [3.05, 3.63) is 34.9 Å². The van der Waals surface area contributed by atoms with Crippen LogP contribution in [0.5, 0.6) is 0 Å². The summed E-state index contributed by atoms with van der Waals surface area (Å²) in [4.78, 5) is 26.3. The monoisotopic (exact) mass is 324 g/mol. The van der Waals surface area contributed by atoms with Gasteiger partial charge in [0.05, 0.1) is 12.7 Å². The number of nitrogens with zero attached hydrogens (tertiary/aromatic N) is 2. The molecule has 21 heavy (non-hydrogen) atoms. The molecule has 2 rings (SSSR count). The van der Waals surface area contributed by atoms with Crippen LogP contribution in [0.1, 0.15) is 26.4 Å². The SMILES string of the molecule is COC1=CC(=O)c2c(c(CSC(=S)N(C)C)cn2C)C1=O. The van der Waals surface area contributed by atoms with E-state index in [1.165, 1.54) is 24.9 Å². The predicted molar refractivity (Wildman–Crippen MR) is 86.7 cm³/mol. The Bertz CT molecular complexity index is 659. The van der Waals surface area contributed by atoms with Gasteiger partial charge in [-0.3, -0.25) is 9.59 Å². The lowest BCUT2D eigenvalue weighted by atomic mass is 9.97. The second kappa shape index (κ2) is 6.03. The van der Waals surface area contributed by atoms with E-state index in [0.717, 1.165) is 9.88 Å². The fourth-order valence-corrected chi connectivity index (χ4v) is 3.08. The molecule has 0 atom stereocenters. The summed E-state index contributed by atoms with van der Waals surface area (Å²) >= 11 is 6.69. The van der Waals surface area contributed by atoms with E-state index in [1.54, 1.807) is 17.8 Å². The van der Waals surface area contributed by atoms with Gasteiger partial charge in [-0.05, 0) is 5.56 Å². The van der Waals surface area contributed by atoms with Crippen molar-refractivity contribution in [1.82, 2.24) is 9.47 Å². The van der Waals surface area contributed by atoms with E-state index in [0.29, 0.717) is 17.0 Å². The van der Waals surface area contributed by atoms with Crippen molar-refractivity contribution in [2.75, 3.05) is 21.2 Å². The van der Waals surface area contributed by atoms with Crippen LogP contribution in [0.25, 0.3) is 0 Å². The molecule has 0 amide bonds. The van der Waals surface area contributed by atoms with Crippen LogP contribution >= 0.6 is 24.0 Å². The zero-order valence-corrected chi connectivity index (χ0v) is 13.9. The van der Waals surface area contributed by atoms with E-state index in [4.69, 9.17) is 17.0 Å². The maximum atomic E-state index is 12.4. The molecular weight excluding hydrogens is 308 g/mol. The lowest BCUT2D eigenvalue weighted by Crippen LogP contribution is -2.20. The third-order valence-corrected chi connectivity index (χ3v) is 4.93. The van der Waals surface area contributed by atoms with Crippen LogP contribution in [0.3, 0.4) is 0 Å². The average molecular weight is 324 g/mol. The van der Waals surface area contributed by atoms with Gasteiger partial charge in [0, 0.05) is 39.2 Å². The first-order valence-electron chi connectivity index (χ1n) is 6.23. The fraction of sp³-hybridized carbons (Fsp3) is 0.357. The number of Topliss-reactive ketones (excluding diaryl/α,β-unsaturated/α-hetero) is 1. The van der Waals surface area contributed by atoms with Crippen molar-refractivity contribution in [2.45, 2.75) is 5.75 Å². The zero-order chi connectivity index (χ0) is 15.7. The molecule has 1 aliphatic rings. The maximum absolute atomic E-state index is 12.4. The number of allylic oxidation sites excluding steroid dienone is 2. The van der Waals surface area contributed by atoms with E-state index in [1.807, 2.05) is 19.0 Å². The highest BCUT2D eigenvalue weighted by Crippen LogP contribution is 2.29. The van der Waals surface area contributed by atoms with Gasteiger partial charge in [0.15, 0.2) is 5.76 Å². The van der Waals surface area contributed by atoms with Crippen molar-refractivity contribution in [3.8, 4) is 0 Å². The summed E-state index contributed by atoms with van der Waals surface area (Å²) < 4.78 is 7.41. The van der Waals surface area contributed by atoms with Gasteiger partial charge in [-0.15, -0.1) is 0 Å². The number of aryl methyl sites for hydroxylation is 1. The Morgan fingerprint density at radius 2 is 2.10 bits per heavy atom. The highest BCUT2D eigenvalue weighted by molar-refractivity contribution is 8.22. The molecule has 0 fully saturated rings. The van der Waals surface area contributed by atoms with Crippen LogP contribution in [0.2, 0.25) is 0 Å². The second-order valence-corrected chi connectivity index (χ2v) is 6.45. The number of carbonyl (C=O) groups excluding carboxylic acids is 2. The first kappa shape index (κ1) is 15.8. The molecule has 112 valence electrons. The van der Waals surface area contributed by atoms with Crippen LogP contribution in [0.4, 0.5) is 0 Å². The number of ether oxygens (including phenoxy) is 1. The molecule has 1 aromatic rings. The van der Waals surface area contributed by atoms with E-state index in [-0.39, 0.29) is 17.3 Å². The first-order valence-corrected chi connectivity index (χ1v) is 7.63. The van der Waals surface area contributed by atoms with Crippen LogP contribution < -0.4 is 0 Å². The molecule has 1 heterocycles. The number of methoxy groups -OCH3 is 1. The largest absolute Gasteiger partial charge is 0.492 e. The number of carbonyl (C=O) groups is 2. The van der Waals surface area contributed by atoms with E-state index in [9.17, 15) is 9.59 Å². The topological polar surface area (TPSA) is 51.5 Å². The zero-order valence-electron chi connectivity index (χ0n) is 12.3. The lowest BCUT2D eigenvalue weighted by molar-refractivity contribution is 0.0913. The summed E-state index contributed by atoms with van der Waals surface area (Å²) in [5.41, 5.74) is 1.63. The van der Waals surface area contributed by atoms with Crippen LogP contribution in [0.15, 0.2) is 18.0 Å². The summed E-state index contributed by atoms with van der Waals surface area (Å²) in [6.07, 6.45) is 3.05. The summed E-state index contributed by atoms with van der Waals surface area (Å²) in [5, 5.41) is 0. The summed E-state index contributed by atoms with van der Waals surface area (Å²) in [5.74, 6) is 0.158. The number of aromatic nitrogens is 1. The Balaban J connectivity index is 2.36. The average Bonchev–Trinajstić information content (AvgIpc) is 2.77. The molecule has 0 saturated heterocycles. The molecule has 7 heteroatoms. The Morgan fingerprint density at radius 3 is 2.67 bits per heavy atom. The number of ketones is 2. The van der Waals surface area contributed by atoms with Gasteiger partial charge < -0.3 is 14.2 Å². The number of hydrogen-bond donors (Lipinski definition) is 0. The molecule has 0 N–H and O–H groups in total. The van der Waals surface area contributed by atoms with Crippen molar-refractivity contribution in [3.63, 3.8) is 0 Å². The number of thiocarbonyl (C=S) groups is 1. The molecule has 0 bridgehead atoms. The Hall–Kier alpha value is -1.60. The van der Waals surface area contributed by atoms with Gasteiger partial charge in [0.2, 0.25) is 11.6 Å². The molecule has 0 radical (unpaired) electrons. The smallest absolute Gasteiger partial charge is 0.230 e. The third kappa shape index (κ3) is 2.89. The van der Waals surface area contributed by atoms with Gasteiger partial charge >= 0.3 is 0 Å². The summed E-state index contributed by atoms with van der Waals surface area (Å²) in [6, 6.07) is 0. The normalized spacial score (nSPS) is 13.8. The minimum atomic E-state index is -0.251. The Kier molecular flexibility index (Phi) is 4.53. The number of thioether (sulfide) groups is 1. The van der Waals surface area contributed by atoms with Gasteiger partial charge in [-0.25, -0.2) is 0 Å². The third-order valence-electron chi connectivity index (χ3n) is 3.14.